The van der Waals surface area contributed by atoms with Crippen LogP contribution in [0, 0.1) is 0 Å². The SMILES string of the molecule is c1ccc(-c2ccc(Nc3ccc4ccccc4c3)cc2)cc1.c1ccc2c(Nc3cccc4ccccc34)cccc2c1.c1ccc2cc(Nc3ccc4ccccc4c3)ccc2c1.c1ccc2cc(Nc3cccc4ccccc34)ccc2c1. The van der Waals surface area contributed by atoms with E-state index >= 15 is 0 Å². The molecule has 0 unspecified atom stereocenters. The Kier molecular flexibility index (Phi) is 16.1. The van der Waals surface area contributed by atoms with Crippen molar-refractivity contribution in [2.45, 2.75) is 0 Å². The maximum atomic E-state index is 3.59. The molecular weight excluding hydrogens is 1040 g/mol. The number of rotatable bonds is 9. The summed E-state index contributed by atoms with van der Waals surface area (Å²) < 4.78 is 0. The standard InChI is InChI=1S/C22H17N.3C20H15N/c1-2-6-17(7-3-1)19-10-13-21(14-11-19)23-22-15-12-18-8-4-5-9-20(18)16-22;1-3-11-17-15(7-1)9-5-13-19(17)21-20-14-6-10-16-8-2-4-12-18(16)20;1-3-7-17-13-19(11-9-15(17)5-1)21-20-12-10-16-6-2-4-8-18(16)14-20;1-2-8-17-14-18(13-12-15(17)6-1)21-20-11-5-9-16-7-3-4-10-19(16)20/h1-16,23H;3*1-14,21H. The van der Waals surface area contributed by atoms with E-state index in [2.05, 4.69) is 367 Å². The molecule has 0 radical (unpaired) electrons. The van der Waals surface area contributed by atoms with Gasteiger partial charge in [0.2, 0.25) is 0 Å². The molecule has 0 aliphatic heterocycles. The van der Waals surface area contributed by atoms with E-state index in [1.165, 1.54) is 86.5 Å². The van der Waals surface area contributed by atoms with Crippen LogP contribution in [-0.2, 0) is 0 Å². The Hall–Kier alpha value is -11.5. The molecule has 0 spiro atoms. The quantitative estimate of drug-likeness (QED) is 0.116. The molecule has 16 aromatic rings. The molecule has 0 aliphatic carbocycles. The molecule has 0 aliphatic rings. The fourth-order valence-electron chi connectivity index (χ4n) is 11.1. The molecule has 86 heavy (non-hydrogen) atoms. The Balaban J connectivity index is 0.000000106. The minimum Gasteiger partial charge on any atom is -0.356 e. The molecule has 0 bridgehead atoms. The zero-order valence-corrected chi connectivity index (χ0v) is 47.5. The Morgan fingerprint density at radius 2 is 0.395 bits per heavy atom. The molecule has 4 heteroatoms. The summed E-state index contributed by atoms with van der Waals surface area (Å²) in [6, 6.07) is 123. The highest BCUT2D eigenvalue weighted by molar-refractivity contribution is 6.01. The molecule has 4 N–H and O–H groups in total. The Morgan fingerprint density at radius 3 is 0.767 bits per heavy atom. The van der Waals surface area contributed by atoms with Gasteiger partial charge in [-0.05, 0) is 149 Å². The smallest absolute Gasteiger partial charge is 0.0464 e. The first-order valence-corrected chi connectivity index (χ1v) is 29.2. The van der Waals surface area contributed by atoms with Crippen molar-refractivity contribution >= 4 is 121 Å². The van der Waals surface area contributed by atoms with Gasteiger partial charge in [-0.1, -0.05) is 273 Å². The van der Waals surface area contributed by atoms with Gasteiger partial charge in [0, 0.05) is 61.7 Å². The molecule has 0 saturated heterocycles. The molecular formula is C82H62N4. The minimum atomic E-state index is 1.10. The fraction of sp³-hybridized carbons (Fsp3) is 0. The number of benzene rings is 16. The van der Waals surface area contributed by atoms with Gasteiger partial charge in [0.05, 0.1) is 0 Å². The Morgan fingerprint density at radius 1 is 0.140 bits per heavy atom. The van der Waals surface area contributed by atoms with E-state index in [4.69, 9.17) is 0 Å². The summed E-state index contributed by atoms with van der Waals surface area (Å²) in [5.41, 5.74) is 11.4. The van der Waals surface area contributed by atoms with Gasteiger partial charge in [-0.2, -0.15) is 0 Å². The first-order valence-electron chi connectivity index (χ1n) is 29.2. The van der Waals surface area contributed by atoms with Crippen molar-refractivity contribution < 1.29 is 0 Å². The highest BCUT2D eigenvalue weighted by atomic mass is 14.9. The minimum absolute atomic E-state index is 1.10. The van der Waals surface area contributed by atoms with E-state index in [9.17, 15) is 0 Å². The maximum Gasteiger partial charge on any atom is 0.0464 e. The van der Waals surface area contributed by atoms with Crippen molar-refractivity contribution in [3.8, 4) is 11.1 Å². The second kappa shape index (κ2) is 25.8. The molecule has 0 fully saturated rings. The number of hydrogen-bond donors (Lipinski definition) is 4. The first kappa shape index (κ1) is 53.8. The van der Waals surface area contributed by atoms with Gasteiger partial charge in [0.15, 0.2) is 0 Å². The average molecular weight is 1100 g/mol. The van der Waals surface area contributed by atoms with Crippen LogP contribution in [-0.4, -0.2) is 0 Å². The number of fused-ring (bicyclic) bond motifs is 7. The second-order valence-electron chi connectivity index (χ2n) is 21.3. The number of anilines is 8. The van der Waals surface area contributed by atoms with Gasteiger partial charge in [-0.15, -0.1) is 0 Å². The number of hydrogen-bond acceptors (Lipinski definition) is 4. The zero-order valence-electron chi connectivity index (χ0n) is 47.5. The van der Waals surface area contributed by atoms with Crippen LogP contribution in [0.25, 0.3) is 86.5 Å². The Bertz CT molecular complexity index is 4770. The van der Waals surface area contributed by atoms with Crippen LogP contribution in [0.3, 0.4) is 0 Å². The molecule has 16 aromatic carbocycles. The van der Waals surface area contributed by atoms with E-state index in [-0.39, 0.29) is 0 Å². The van der Waals surface area contributed by atoms with Crippen LogP contribution in [0.1, 0.15) is 0 Å². The topological polar surface area (TPSA) is 48.1 Å². The lowest BCUT2D eigenvalue weighted by Crippen LogP contribution is -1.92. The summed E-state index contributed by atoms with van der Waals surface area (Å²) in [5.74, 6) is 0. The lowest BCUT2D eigenvalue weighted by molar-refractivity contribution is 1.55. The van der Waals surface area contributed by atoms with Crippen LogP contribution in [0.15, 0.2) is 352 Å². The van der Waals surface area contributed by atoms with E-state index in [0.717, 1.165) is 45.5 Å². The van der Waals surface area contributed by atoms with Gasteiger partial charge in [-0.3, -0.25) is 0 Å². The average Bonchev–Trinajstić information content (AvgIpc) is 3.47. The largest absolute Gasteiger partial charge is 0.356 e. The van der Waals surface area contributed by atoms with Gasteiger partial charge in [0.25, 0.3) is 0 Å². The molecule has 4 nitrogen and oxygen atoms in total. The molecule has 0 atom stereocenters. The summed E-state index contributed by atoms with van der Waals surface area (Å²) in [4.78, 5) is 0. The molecule has 16 rings (SSSR count). The van der Waals surface area contributed by atoms with Crippen molar-refractivity contribution in [3.63, 3.8) is 0 Å². The molecule has 0 heterocycles. The zero-order chi connectivity index (χ0) is 57.7. The van der Waals surface area contributed by atoms with Crippen LogP contribution >= 0.6 is 0 Å². The lowest BCUT2D eigenvalue weighted by Gasteiger charge is -2.12. The molecule has 410 valence electrons. The third kappa shape index (κ3) is 12.9. The predicted octanol–water partition coefficient (Wildman–Crippen LogP) is 23.5. The van der Waals surface area contributed by atoms with E-state index in [0.29, 0.717) is 0 Å². The maximum absolute atomic E-state index is 3.59. The summed E-state index contributed by atoms with van der Waals surface area (Å²) in [7, 11) is 0. The van der Waals surface area contributed by atoms with Crippen molar-refractivity contribution in [3.05, 3.63) is 352 Å². The normalized spacial score (nSPS) is 10.8. The van der Waals surface area contributed by atoms with Gasteiger partial charge < -0.3 is 21.3 Å². The highest BCUT2D eigenvalue weighted by Gasteiger charge is 2.07. The van der Waals surface area contributed by atoms with E-state index in [1.54, 1.807) is 0 Å². The third-order valence-corrected chi connectivity index (χ3v) is 15.5. The molecule has 0 amide bonds. The van der Waals surface area contributed by atoms with Crippen molar-refractivity contribution in [1.82, 2.24) is 0 Å². The van der Waals surface area contributed by atoms with Crippen LogP contribution < -0.4 is 21.3 Å². The molecule has 0 aromatic heterocycles. The van der Waals surface area contributed by atoms with Crippen LogP contribution in [0.2, 0.25) is 0 Å². The summed E-state index contributed by atoms with van der Waals surface area (Å²) >= 11 is 0. The van der Waals surface area contributed by atoms with Crippen molar-refractivity contribution in [1.29, 1.82) is 0 Å². The van der Waals surface area contributed by atoms with E-state index in [1.807, 2.05) is 6.07 Å². The van der Waals surface area contributed by atoms with Gasteiger partial charge in [-0.25, -0.2) is 0 Å². The summed E-state index contributed by atoms with van der Waals surface area (Å²) in [6.45, 7) is 0. The fourth-order valence-corrected chi connectivity index (χ4v) is 11.1. The third-order valence-electron chi connectivity index (χ3n) is 15.5. The molecule has 0 saturated carbocycles. The van der Waals surface area contributed by atoms with Gasteiger partial charge >= 0.3 is 0 Å². The monoisotopic (exact) mass is 1100 g/mol. The summed E-state index contributed by atoms with van der Waals surface area (Å²) in [6.07, 6.45) is 0. The highest BCUT2D eigenvalue weighted by Crippen LogP contribution is 2.33. The first-order chi connectivity index (χ1) is 42.6. The van der Waals surface area contributed by atoms with Crippen molar-refractivity contribution in [2.24, 2.45) is 0 Å². The second-order valence-corrected chi connectivity index (χ2v) is 21.3. The predicted molar refractivity (Wildman–Crippen MR) is 373 cm³/mol. The summed E-state index contributed by atoms with van der Waals surface area (Å²) in [5, 5.41) is 31.6. The van der Waals surface area contributed by atoms with Crippen LogP contribution in [0.4, 0.5) is 45.5 Å². The van der Waals surface area contributed by atoms with Crippen LogP contribution in [0.5, 0.6) is 0 Å². The van der Waals surface area contributed by atoms with E-state index < -0.39 is 0 Å². The lowest BCUT2D eigenvalue weighted by atomic mass is 10.1. The van der Waals surface area contributed by atoms with Crippen molar-refractivity contribution in [2.75, 3.05) is 21.3 Å². The van der Waals surface area contributed by atoms with Gasteiger partial charge in [0.1, 0.15) is 0 Å². The Labute approximate surface area is 502 Å². The number of nitrogens with one attached hydrogen (secondary N) is 4.